The van der Waals surface area contributed by atoms with Gasteiger partial charge in [0.15, 0.2) is 6.61 Å². The summed E-state index contributed by atoms with van der Waals surface area (Å²) in [5, 5.41) is 3.86. The number of ether oxygens (including phenoxy) is 1. The second-order valence-electron chi connectivity index (χ2n) is 8.05. The van der Waals surface area contributed by atoms with Crippen LogP contribution in [-0.2, 0) is 4.79 Å². The minimum atomic E-state index is -0.314. The number of para-hydroxylation sites is 1. The predicted molar refractivity (Wildman–Crippen MR) is 125 cm³/mol. The van der Waals surface area contributed by atoms with Gasteiger partial charge in [0.05, 0.1) is 10.9 Å². The number of nitrogens with one attached hydrogen (secondary N) is 1. The van der Waals surface area contributed by atoms with Crippen LogP contribution in [-0.4, -0.2) is 36.4 Å². The normalized spacial score (nSPS) is 14.5. The van der Waals surface area contributed by atoms with E-state index in [-0.39, 0.29) is 30.3 Å². The maximum atomic E-state index is 13.6. The Kier molecular flexibility index (Phi) is 6.74. The van der Waals surface area contributed by atoms with Crippen molar-refractivity contribution in [1.82, 2.24) is 10.2 Å². The highest BCUT2D eigenvalue weighted by atomic mass is 32.1. The number of thiophene rings is 1. The summed E-state index contributed by atoms with van der Waals surface area (Å²) in [7, 11) is 0. The number of amides is 2. The molecule has 1 atom stereocenters. The number of halogens is 1. The molecule has 1 aliphatic rings. The average molecular weight is 455 g/mol. The minimum Gasteiger partial charge on any atom is -0.483 e. The number of likely N-dealkylation sites (tertiary alicyclic amines) is 1. The van der Waals surface area contributed by atoms with Crippen LogP contribution in [0.15, 0.2) is 42.5 Å². The van der Waals surface area contributed by atoms with Crippen molar-refractivity contribution in [3.8, 4) is 5.75 Å². The second-order valence-corrected chi connectivity index (χ2v) is 9.10. The number of carbonyl (C=O) groups is 2. The molecule has 0 saturated carbocycles. The summed E-state index contributed by atoms with van der Waals surface area (Å²) in [4.78, 5) is 27.9. The number of hydrogen-bond acceptors (Lipinski definition) is 4. The molecule has 1 unspecified atom stereocenters. The lowest BCUT2D eigenvalue weighted by atomic mass is 10.0. The standard InChI is InChI=1S/C25H27FN2O3S/c1-3-20(27-25(30)24-16(2)19-14-17(26)10-11-22(19)32-24)18-8-4-5-9-21(18)31-15-23(29)28-12-6-7-13-28/h4-5,8-11,14,20H,3,6-7,12-13,15H2,1-2H3,(H,27,30). The molecule has 1 N–H and O–H groups in total. The summed E-state index contributed by atoms with van der Waals surface area (Å²) in [6, 6.07) is 11.8. The lowest BCUT2D eigenvalue weighted by Gasteiger charge is -2.21. The molecule has 2 amide bonds. The van der Waals surface area contributed by atoms with Crippen LogP contribution in [0.4, 0.5) is 4.39 Å². The summed E-state index contributed by atoms with van der Waals surface area (Å²) in [6.07, 6.45) is 2.73. The van der Waals surface area contributed by atoms with Gasteiger partial charge >= 0.3 is 0 Å². The molecule has 1 aromatic heterocycles. The highest BCUT2D eigenvalue weighted by Gasteiger charge is 2.23. The smallest absolute Gasteiger partial charge is 0.262 e. The third-order valence-corrected chi connectivity index (χ3v) is 7.19. The Morgan fingerprint density at radius 2 is 1.94 bits per heavy atom. The van der Waals surface area contributed by atoms with E-state index in [0.717, 1.165) is 47.1 Å². The first kappa shape index (κ1) is 22.3. The Hall–Kier alpha value is -2.93. The quantitative estimate of drug-likeness (QED) is 0.532. The van der Waals surface area contributed by atoms with Crippen LogP contribution >= 0.6 is 11.3 Å². The van der Waals surface area contributed by atoms with Crippen LogP contribution in [0.3, 0.4) is 0 Å². The summed E-state index contributed by atoms with van der Waals surface area (Å²) in [6.45, 7) is 5.40. The topological polar surface area (TPSA) is 58.6 Å². The number of carbonyl (C=O) groups excluding carboxylic acids is 2. The number of fused-ring (bicyclic) bond motifs is 1. The van der Waals surface area contributed by atoms with E-state index in [4.69, 9.17) is 4.74 Å². The van der Waals surface area contributed by atoms with E-state index < -0.39 is 0 Å². The molecule has 0 radical (unpaired) electrons. The van der Waals surface area contributed by atoms with Gasteiger partial charge in [-0.15, -0.1) is 11.3 Å². The van der Waals surface area contributed by atoms with Crippen molar-refractivity contribution in [1.29, 1.82) is 0 Å². The summed E-state index contributed by atoms with van der Waals surface area (Å²) < 4.78 is 20.4. The van der Waals surface area contributed by atoms with E-state index in [1.807, 2.05) is 43.0 Å². The van der Waals surface area contributed by atoms with E-state index in [2.05, 4.69) is 5.32 Å². The number of nitrogens with zero attached hydrogens (tertiary/aromatic N) is 1. The molecule has 32 heavy (non-hydrogen) atoms. The molecule has 3 aromatic rings. The number of rotatable bonds is 7. The maximum absolute atomic E-state index is 13.6. The first-order valence-electron chi connectivity index (χ1n) is 11.0. The van der Waals surface area contributed by atoms with E-state index in [9.17, 15) is 14.0 Å². The van der Waals surface area contributed by atoms with E-state index in [1.54, 1.807) is 6.07 Å². The molecule has 5 nitrogen and oxygen atoms in total. The largest absolute Gasteiger partial charge is 0.483 e. The average Bonchev–Trinajstić information content (AvgIpc) is 3.45. The first-order valence-corrected chi connectivity index (χ1v) is 11.8. The van der Waals surface area contributed by atoms with Crippen LogP contribution in [0.2, 0.25) is 0 Å². The van der Waals surface area contributed by atoms with Gasteiger partial charge in [-0.1, -0.05) is 25.1 Å². The van der Waals surface area contributed by atoms with Gasteiger partial charge in [0.1, 0.15) is 11.6 Å². The molecule has 1 fully saturated rings. The Bertz CT molecular complexity index is 1140. The van der Waals surface area contributed by atoms with Gasteiger partial charge in [-0.3, -0.25) is 9.59 Å². The molecule has 4 rings (SSSR count). The molecule has 0 bridgehead atoms. The second kappa shape index (κ2) is 9.69. The SMILES string of the molecule is CCC(NC(=O)c1sc2ccc(F)cc2c1C)c1ccccc1OCC(=O)N1CCCC1. The molecule has 0 spiro atoms. The first-order chi connectivity index (χ1) is 15.5. The van der Waals surface area contributed by atoms with Gasteiger partial charge in [-0.05, 0) is 61.4 Å². The monoisotopic (exact) mass is 454 g/mol. The third-order valence-electron chi connectivity index (χ3n) is 5.92. The van der Waals surface area contributed by atoms with E-state index in [0.29, 0.717) is 17.0 Å². The highest BCUT2D eigenvalue weighted by Crippen LogP contribution is 2.33. The van der Waals surface area contributed by atoms with Crippen molar-refractivity contribution in [2.24, 2.45) is 0 Å². The van der Waals surface area contributed by atoms with Gasteiger partial charge in [0, 0.05) is 23.4 Å². The Morgan fingerprint density at radius 3 is 2.69 bits per heavy atom. The molecule has 1 saturated heterocycles. The van der Waals surface area contributed by atoms with Gasteiger partial charge in [0.2, 0.25) is 0 Å². The van der Waals surface area contributed by atoms with Crippen LogP contribution in [0.25, 0.3) is 10.1 Å². The zero-order chi connectivity index (χ0) is 22.7. The molecule has 168 valence electrons. The molecule has 2 aromatic carbocycles. The Balaban J connectivity index is 1.51. The fraction of sp³-hybridized carbons (Fsp3) is 0.360. The number of hydrogen-bond donors (Lipinski definition) is 1. The summed E-state index contributed by atoms with van der Waals surface area (Å²) in [5.41, 5.74) is 1.61. The van der Waals surface area contributed by atoms with Gasteiger partial charge in [-0.2, -0.15) is 0 Å². The molecular formula is C25H27FN2O3S. The summed E-state index contributed by atoms with van der Waals surface area (Å²) in [5.74, 6) is 0.0788. The van der Waals surface area contributed by atoms with E-state index >= 15 is 0 Å². The van der Waals surface area contributed by atoms with Crippen molar-refractivity contribution in [3.63, 3.8) is 0 Å². The van der Waals surface area contributed by atoms with Crippen molar-refractivity contribution in [2.75, 3.05) is 19.7 Å². The minimum absolute atomic E-state index is 0.0115. The highest BCUT2D eigenvalue weighted by molar-refractivity contribution is 7.21. The van der Waals surface area contributed by atoms with Gasteiger partial charge < -0.3 is 15.0 Å². The van der Waals surface area contributed by atoms with Crippen LogP contribution in [0.1, 0.15) is 53.0 Å². The Morgan fingerprint density at radius 1 is 1.19 bits per heavy atom. The van der Waals surface area contributed by atoms with Crippen LogP contribution < -0.4 is 10.1 Å². The van der Waals surface area contributed by atoms with Gasteiger partial charge in [-0.25, -0.2) is 4.39 Å². The van der Waals surface area contributed by atoms with Crippen LogP contribution in [0, 0.1) is 12.7 Å². The number of benzene rings is 2. The van der Waals surface area contributed by atoms with Gasteiger partial charge in [0.25, 0.3) is 11.8 Å². The molecule has 2 heterocycles. The lowest BCUT2D eigenvalue weighted by Crippen LogP contribution is -2.32. The van der Waals surface area contributed by atoms with Crippen molar-refractivity contribution in [3.05, 3.63) is 64.3 Å². The van der Waals surface area contributed by atoms with Crippen molar-refractivity contribution >= 4 is 33.2 Å². The van der Waals surface area contributed by atoms with E-state index in [1.165, 1.54) is 23.5 Å². The fourth-order valence-corrected chi connectivity index (χ4v) is 5.22. The molecule has 1 aliphatic heterocycles. The lowest BCUT2D eigenvalue weighted by molar-refractivity contribution is -0.132. The fourth-order valence-electron chi connectivity index (χ4n) is 4.13. The predicted octanol–water partition coefficient (Wildman–Crippen LogP) is 5.23. The molecular weight excluding hydrogens is 427 g/mol. The molecule has 7 heteroatoms. The Labute approximate surface area is 191 Å². The van der Waals surface area contributed by atoms with Crippen molar-refractivity contribution < 1.29 is 18.7 Å². The number of aryl methyl sites for hydroxylation is 1. The zero-order valence-corrected chi connectivity index (χ0v) is 19.1. The maximum Gasteiger partial charge on any atom is 0.262 e. The molecule has 0 aliphatic carbocycles. The van der Waals surface area contributed by atoms with Crippen LogP contribution in [0.5, 0.6) is 5.75 Å². The van der Waals surface area contributed by atoms with Crippen molar-refractivity contribution in [2.45, 2.75) is 39.2 Å². The third kappa shape index (κ3) is 4.63. The summed E-state index contributed by atoms with van der Waals surface area (Å²) >= 11 is 1.36. The zero-order valence-electron chi connectivity index (χ0n) is 18.3.